The summed E-state index contributed by atoms with van der Waals surface area (Å²) >= 11 is 0. The Labute approximate surface area is 179 Å². The Morgan fingerprint density at radius 1 is 1.00 bits per heavy atom. The van der Waals surface area contributed by atoms with E-state index >= 15 is 0 Å². The zero-order chi connectivity index (χ0) is 21.4. The second-order valence-corrected chi connectivity index (χ2v) is 7.53. The summed E-state index contributed by atoms with van der Waals surface area (Å²) in [7, 11) is 1.89. The highest BCUT2D eigenvalue weighted by molar-refractivity contribution is 6.02. The van der Waals surface area contributed by atoms with Crippen LogP contribution in [0.2, 0.25) is 0 Å². The van der Waals surface area contributed by atoms with E-state index in [0.717, 1.165) is 27.6 Å². The van der Waals surface area contributed by atoms with E-state index in [9.17, 15) is 4.79 Å². The molecule has 3 aromatic heterocycles. The smallest absolute Gasteiger partial charge is 0.272 e. The minimum Gasteiger partial charge on any atom is -0.383 e. The quantitative estimate of drug-likeness (QED) is 0.553. The Bertz CT molecular complexity index is 1260. The first-order chi connectivity index (χ1) is 15.1. The Balaban J connectivity index is 1.55. The molecule has 8 heteroatoms. The number of carbonyl (C=O) groups excluding carboxylic acids is 1. The number of ether oxygens (including phenoxy) is 1. The van der Waals surface area contributed by atoms with E-state index in [0.29, 0.717) is 43.3 Å². The molecule has 156 valence electrons. The minimum absolute atomic E-state index is 0.0986. The number of nitrogens with zero attached hydrogens (tertiary/aromatic N) is 5. The van der Waals surface area contributed by atoms with Gasteiger partial charge in [0.25, 0.3) is 5.91 Å². The number of hydrogen-bond acceptors (Lipinski definition) is 6. The lowest BCUT2D eigenvalue weighted by Gasteiger charge is -2.26. The summed E-state index contributed by atoms with van der Waals surface area (Å²) in [4.78, 5) is 23.8. The van der Waals surface area contributed by atoms with Gasteiger partial charge in [-0.3, -0.25) is 9.48 Å². The average Bonchev–Trinajstić information content (AvgIpc) is 3.25. The number of carbonyl (C=O) groups is 1. The van der Waals surface area contributed by atoms with Crippen LogP contribution >= 0.6 is 0 Å². The van der Waals surface area contributed by atoms with Crippen molar-refractivity contribution in [2.75, 3.05) is 32.0 Å². The van der Waals surface area contributed by atoms with E-state index in [2.05, 4.69) is 10.1 Å². The number of hydrogen-bond donors (Lipinski definition) is 1. The van der Waals surface area contributed by atoms with Gasteiger partial charge in [-0.15, -0.1) is 0 Å². The number of aryl methyl sites for hydroxylation is 1. The van der Waals surface area contributed by atoms with Crippen molar-refractivity contribution in [3.8, 4) is 22.3 Å². The van der Waals surface area contributed by atoms with Gasteiger partial charge in [0.2, 0.25) is 0 Å². The number of anilines is 1. The first kappa shape index (κ1) is 19.2. The summed E-state index contributed by atoms with van der Waals surface area (Å²) < 4.78 is 7.12. The first-order valence-corrected chi connectivity index (χ1v) is 10.1. The van der Waals surface area contributed by atoms with E-state index < -0.39 is 0 Å². The van der Waals surface area contributed by atoms with Gasteiger partial charge in [-0.2, -0.15) is 5.10 Å². The number of nitrogens with two attached hydrogens (primary N) is 1. The molecule has 1 amide bonds. The van der Waals surface area contributed by atoms with Crippen LogP contribution in [0.15, 0.2) is 55.0 Å². The first-order valence-electron chi connectivity index (χ1n) is 10.1. The predicted octanol–water partition coefficient (Wildman–Crippen LogP) is 2.75. The SMILES string of the molecule is Cn1cc(-c2ccc(-c3cnc(N)c4ccc(C(=O)N5CCOCC5)nc34)cc2)cn1. The number of rotatable bonds is 3. The third-order valence-electron chi connectivity index (χ3n) is 5.51. The molecule has 1 saturated heterocycles. The third kappa shape index (κ3) is 3.62. The maximum absolute atomic E-state index is 12.9. The number of amides is 1. The lowest BCUT2D eigenvalue weighted by molar-refractivity contribution is 0.0299. The van der Waals surface area contributed by atoms with Gasteiger partial charge in [0, 0.05) is 49.0 Å². The highest BCUT2D eigenvalue weighted by Crippen LogP contribution is 2.31. The van der Waals surface area contributed by atoms with Crippen LogP contribution < -0.4 is 5.73 Å². The maximum atomic E-state index is 12.9. The molecule has 2 N–H and O–H groups in total. The van der Waals surface area contributed by atoms with Crippen LogP contribution in [0, 0.1) is 0 Å². The van der Waals surface area contributed by atoms with Crippen molar-refractivity contribution in [2.45, 2.75) is 0 Å². The van der Waals surface area contributed by atoms with Crippen molar-refractivity contribution < 1.29 is 9.53 Å². The second-order valence-electron chi connectivity index (χ2n) is 7.53. The molecule has 1 aliphatic rings. The lowest BCUT2D eigenvalue weighted by Crippen LogP contribution is -2.41. The minimum atomic E-state index is -0.0986. The monoisotopic (exact) mass is 414 g/mol. The average molecular weight is 414 g/mol. The van der Waals surface area contributed by atoms with Crippen LogP contribution in [0.1, 0.15) is 10.5 Å². The molecule has 0 aliphatic carbocycles. The molecular formula is C23H22N6O2. The van der Waals surface area contributed by atoms with Crippen molar-refractivity contribution in [3.05, 3.63) is 60.7 Å². The van der Waals surface area contributed by atoms with Crippen molar-refractivity contribution in [1.29, 1.82) is 0 Å². The summed E-state index contributed by atoms with van der Waals surface area (Å²) in [5.41, 5.74) is 11.1. The number of pyridine rings is 2. The van der Waals surface area contributed by atoms with Gasteiger partial charge >= 0.3 is 0 Å². The van der Waals surface area contributed by atoms with Crippen LogP contribution in [0.5, 0.6) is 0 Å². The van der Waals surface area contributed by atoms with E-state index in [1.807, 2.05) is 49.8 Å². The molecule has 0 spiro atoms. The number of aromatic nitrogens is 4. The fourth-order valence-electron chi connectivity index (χ4n) is 3.81. The predicted molar refractivity (Wildman–Crippen MR) is 118 cm³/mol. The molecule has 0 radical (unpaired) electrons. The molecule has 0 atom stereocenters. The normalized spacial score (nSPS) is 14.2. The number of morpholine rings is 1. The van der Waals surface area contributed by atoms with Crippen molar-refractivity contribution >= 4 is 22.6 Å². The Kier molecular flexibility index (Phi) is 4.83. The van der Waals surface area contributed by atoms with E-state index in [1.165, 1.54) is 0 Å². The largest absolute Gasteiger partial charge is 0.383 e. The molecule has 1 fully saturated rings. The Morgan fingerprint density at radius 2 is 1.74 bits per heavy atom. The fourth-order valence-corrected chi connectivity index (χ4v) is 3.81. The van der Waals surface area contributed by atoms with Crippen LogP contribution in [0.4, 0.5) is 5.82 Å². The summed E-state index contributed by atoms with van der Waals surface area (Å²) in [6.45, 7) is 2.23. The summed E-state index contributed by atoms with van der Waals surface area (Å²) in [5.74, 6) is 0.294. The Hall–Kier alpha value is -3.78. The van der Waals surface area contributed by atoms with Gasteiger partial charge in [0.15, 0.2) is 0 Å². The summed E-state index contributed by atoms with van der Waals surface area (Å²) in [6, 6.07) is 11.7. The van der Waals surface area contributed by atoms with Gasteiger partial charge in [0.1, 0.15) is 11.5 Å². The third-order valence-corrected chi connectivity index (χ3v) is 5.51. The van der Waals surface area contributed by atoms with Crippen LogP contribution in [0.25, 0.3) is 33.2 Å². The van der Waals surface area contributed by atoms with Crippen LogP contribution in [-0.2, 0) is 11.8 Å². The number of benzene rings is 1. The molecule has 5 rings (SSSR count). The van der Waals surface area contributed by atoms with Gasteiger partial charge in [-0.1, -0.05) is 24.3 Å². The van der Waals surface area contributed by atoms with E-state index in [1.54, 1.807) is 21.8 Å². The van der Waals surface area contributed by atoms with Crippen molar-refractivity contribution in [1.82, 2.24) is 24.6 Å². The molecule has 4 heterocycles. The molecular weight excluding hydrogens is 392 g/mol. The van der Waals surface area contributed by atoms with Gasteiger partial charge < -0.3 is 15.4 Å². The molecule has 31 heavy (non-hydrogen) atoms. The maximum Gasteiger partial charge on any atom is 0.272 e. The van der Waals surface area contributed by atoms with Crippen LogP contribution in [-0.4, -0.2) is 56.9 Å². The summed E-state index contributed by atoms with van der Waals surface area (Å²) in [6.07, 6.45) is 5.52. The molecule has 0 bridgehead atoms. The Morgan fingerprint density at radius 3 is 2.45 bits per heavy atom. The number of fused-ring (bicyclic) bond motifs is 1. The van der Waals surface area contributed by atoms with Gasteiger partial charge in [-0.25, -0.2) is 9.97 Å². The number of nitrogen functional groups attached to an aromatic ring is 1. The van der Waals surface area contributed by atoms with E-state index in [4.69, 9.17) is 15.5 Å². The zero-order valence-electron chi connectivity index (χ0n) is 17.2. The molecule has 0 unspecified atom stereocenters. The molecule has 0 saturated carbocycles. The standard InChI is InChI=1S/C23H22N6O2/c1-28-14-17(12-26-28)15-2-4-16(5-3-15)19-13-25-22(24)18-6-7-20(27-21(18)19)23(30)29-8-10-31-11-9-29/h2-7,12-14H,8-11H2,1H3,(H2,24,25). The molecule has 4 aromatic rings. The lowest BCUT2D eigenvalue weighted by atomic mass is 10.0. The van der Waals surface area contributed by atoms with Crippen molar-refractivity contribution in [3.63, 3.8) is 0 Å². The topological polar surface area (TPSA) is 99.2 Å². The molecule has 1 aliphatic heterocycles. The van der Waals surface area contributed by atoms with E-state index in [-0.39, 0.29) is 5.91 Å². The fraction of sp³-hybridized carbons (Fsp3) is 0.217. The molecule has 8 nitrogen and oxygen atoms in total. The van der Waals surface area contributed by atoms with Crippen LogP contribution in [0.3, 0.4) is 0 Å². The van der Waals surface area contributed by atoms with Crippen molar-refractivity contribution in [2.24, 2.45) is 7.05 Å². The second kappa shape index (κ2) is 7.81. The summed E-state index contributed by atoms with van der Waals surface area (Å²) in [5, 5.41) is 4.96. The molecule has 1 aromatic carbocycles. The highest BCUT2D eigenvalue weighted by atomic mass is 16.5. The van der Waals surface area contributed by atoms with Gasteiger partial charge in [0.05, 0.1) is 24.9 Å². The van der Waals surface area contributed by atoms with Gasteiger partial charge in [-0.05, 0) is 23.3 Å². The zero-order valence-corrected chi connectivity index (χ0v) is 17.2. The highest BCUT2D eigenvalue weighted by Gasteiger charge is 2.21.